The molecule has 0 saturated heterocycles. The van der Waals surface area contributed by atoms with Crippen molar-refractivity contribution in [1.82, 2.24) is 4.98 Å². The fourth-order valence-electron chi connectivity index (χ4n) is 3.18. The number of rotatable bonds is 5. The monoisotopic (exact) mass is 393 g/mol. The Kier molecular flexibility index (Phi) is 5.81. The summed E-state index contributed by atoms with van der Waals surface area (Å²) in [6.45, 7) is 4.01. The van der Waals surface area contributed by atoms with Crippen molar-refractivity contribution in [1.29, 1.82) is 5.26 Å². The van der Waals surface area contributed by atoms with Gasteiger partial charge in [-0.2, -0.15) is 5.26 Å². The molecule has 0 bridgehead atoms. The largest absolute Gasteiger partial charge is 0.495 e. The number of aryl methyl sites for hydroxylation is 2. The Balaban J connectivity index is 1.87. The van der Waals surface area contributed by atoms with E-state index in [1.54, 1.807) is 24.3 Å². The van der Waals surface area contributed by atoms with Crippen LogP contribution < -0.4 is 10.1 Å². The Morgan fingerprint density at radius 1 is 1.29 bits per heavy atom. The average Bonchev–Trinajstić information content (AvgIpc) is 2.66. The SMILES string of the molecule is COc1ccccc1NC(=O)[C@@H](C#N)Cc1cc2c(C)cc(C)cc2nc1Cl. The van der Waals surface area contributed by atoms with Crippen LogP contribution in [0.3, 0.4) is 0 Å². The zero-order chi connectivity index (χ0) is 20.3. The van der Waals surface area contributed by atoms with Gasteiger partial charge < -0.3 is 10.1 Å². The number of hydrogen-bond donors (Lipinski definition) is 1. The number of pyridine rings is 1. The van der Waals surface area contributed by atoms with E-state index in [0.29, 0.717) is 22.2 Å². The van der Waals surface area contributed by atoms with Crippen molar-refractivity contribution in [2.24, 2.45) is 5.92 Å². The fourth-order valence-corrected chi connectivity index (χ4v) is 3.40. The van der Waals surface area contributed by atoms with Gasteiger partial charge in [0.15, 0.2) is 0 Å². The lowest BCUT2D eigenvalue weighted by molar-refractivity contribution is -0.118. The molecule has 1 amide bonds. The molecule has 0 aliphatic carbocycles. The number of carbonyl (C=O) groups excluding carboxylic acids is 1. The molecular weight excluding hydrogens is 374 g/mol. The molecule has 1 atom stereocenters. The molecule has 0 aliphatic heterocycles. The summed E-state index contributed by atoms with van der Waals surface area (Å²) >= 11 is 6.35. The maximum absolute atomic E-state index is 12.7. The van der Waals surface area contributed by atoms with Crippen molar-refractivity contribution in [2.45, 2.75) is 20.3 Å². The molecule has 0 aliphatic rings. The molecule has 1 N–H and O–H groups in total. The summed E-state index contributed by atoms with van der Waals surface area (Å²) in [6, 6.07) is 15.1. The lowest BCUT2D eigenvalue weighted by Crippen LogP contribution is -2.24. The first-order valence-corrected chi connectivity index (χ1v) is 9.20. The maximum atomic E-state index is 12.7. The number of carbonyl (C=O) groups is 1. The Hall–Kier alpha value is -3.10. The third-order valence-electron chi connectivity index (χ3n) is 4.57. The van der Waals surface area contributed by atoms with Gasteiger partial charge in [0.25, 0.3) is 0 Å². The van der Waals surface area contributed by atoms with Gasteiger partial charge in [-0.25, -0.2) is 4.98 Å². The molecule has 0 saturated carbocycles. The highest BCUT2D eigenvalue weighted by Gasteiger charge is 2.22. The third kappa shape index (κ3) is 4.08. The second kappa shape index (κ2) is 8.28. The number of amides is 1. The summed E-state index contributed by atoms with van der Waals surface area (Å²) < 4.78 is 5.24. The van der Waals surface area contributed by atoms with E-state index >= 15 is 0 Å². The number of aromatic nitrogens is 1. The Labute approximate surface area is 168 Å². The van der Waals surface area contributed by atoms with E-state index in [1.807, 2.05) is 26.0 Å². The number of nitrogens with one attached hydrogen (secondary N) is 1. The highest BCUT2D eigenvalue weighted by molar-refractivity contribution is 6.30. The van der Waals surface area contributed by atoms with Crippen molar-refractivity contribution in [3.8, 4) is 11.8 Å². The minimum absolute atomic E-state index is 0.173. The number of halogens is 1. The van der Waals surface area contributed by atoms with Gasteiger partial charge in [-0.3, -0.25) is 4.79 Å². The summed E-state index contributed by atoms with van der Waals surface area (Å²) in [4.78, 5) is 17.1. The van der Waals surface area contributed by atoms with E-state index in [-0.39, 0.29) is 6.42 Å². The maximum Gasteiger partial charge on any atom is 0.242 e. The van der Waals surface area contributed by atoms with E-state index in [1.165, 1.54) is 7.11 Å². The summed E-state index contributed by atoms with van der Waals surface area (Å²) in [7, 11) is 1.53. The molecule has 3 aromatic rings. The van der Waals surface area contributed by atoms with Crippen LogP contribution in [0.25, 0.3) is 10.9 Å². The molecule has 6 heteroatoms. The quantitative estimate of drug-likeness (QED) is 0.629. The van der Waals surface area contributed by atoms with E-state index in [0.717, 1.165) is 22.0 Å². The van der Waals surface area contributed by atoms with E-state index in [4.69, 9.17) is 16.3 Å². The smallest absolute Gasteiger partial charge is 0.242 e. The van der Waals surface area contributed by atoms with Gasteiger partial charge in [0.05, 0.1) is 24.4 Å². The van der Waals surface area contributed by atoms with Gasteiger partial charge in [0.2, 0.25) is 5.91 Å². The number of nitriles is 1. The van der Waals surface area contributed by atoms with Gasteiger partial charge in [-0.1, -0.05) is 29.8 Å². The highest BCUT2D eigenvalue weighted by atomic mass is 35.5. The van der Waals surface area contributed by atoms with Gasteiger partial charge in [0, 0.05) is 11.8 Å². The van der Waals surface area contributed by atoms with Crippen LogP contribution in [0.5, 0.6) is 5.75 Å². The minimum Gasteiger partial charge on any atom is -0.495 e. The highest BCUT2D eigenvalue weighted by Crippen LogP contribution is 2.28. The second-order valence-electron chi connectivity index (χ2n) is 6.66. The first-order valence-electron chi connectivity index (χ1n) is 8.82. The third-order valence-corrected chi connectivity index (χ3v) is 4.90. The normalized spacial score (nSPS) is 11.7. The lowest BCUT2D eigenvalue weighted by Gasteiger charge is -2.14. The molecule has 3 rings (SSSR count). The summed E-state index contributed by atoms with van der Waals surface area (Å²) in [5, 5.41) is 13.6. The number of methoxy groups -OCH3 is 1. The van der Waals surface area contributed by atoms with Crippen LogP contribution in [0.15, 0.2) is 42.5 Å². The van der Waals surface area contributed by atoms with Gasteiger partial charge in [0.1, 0.15) is 16.8 Å². The van der Waals surface area contributed by atoms with Gasteiger partial charge >= 0.3 is 0 Å². The molecule has 2 aromatic carbocycles. The van der Waals surface area contributed by atoms with Crippen molar-refractivity contribution < 1.29 is 9.53 Å². The number of benzene rings is 2. The number of fused-ring (bicyclic) bond motifs is 1. The Morgan fingerprint density at radius 3 is 2.75 bits per heavy atom. The van der Waals surface area contributed by atoms with E-state index < -0.39 is 11.8 Å². The molecule has 28 heavy (non-hydrogen) atoms. The van der Waals surface area contributed by atoms with Crippen molar-refractivity contribution in [2.75, 3.05) is 12.4 Å². The number of nitrogens with zero attached hydrogens (tertiary/aromatic N) is 2. The first-order chi connectivity index (χ1) is 13.4. The fraction of sp³-hybridized carbons (Fsp3) is 0.227. The van der Waals surface area contributed by atoms with E-state index in [9.17, 15) is 10.1 Å². The topological polar surface area (TPSA) is 75.0 Å². The van der Waals surface area contributed by atoms with Crippen LogP contribution in [0, 0.1) is 31.1 Å². The van der Waals surface area contributed by atoms with Gasteiger partial charge in [-0.15, -0.1) is 0 Å². The van der Waals surface area contributed by atoms with Crippen LogP contribution in [0.1, 0.15) is 16.7 Å². The molecule has 142 valence electrons. The molecular formula is C22H20ClN3O2. The van der Waals surface area contributed by atoms with Crippen LogP contribution in [0.2, 0.25) is 5.15 Å². The number of para-hydroxylation sites is 2. The first kappa shape index (κ1) is 19.7. The van der Waals surface area contributed by atoms with Crippen molar-refractivity contribution >= 4 is 34.1 Å². The number of anilines is 1. The van der Waals surface area contributed by atoms with Crippen LogP contribution in [0.4, 0.5) is 5.69 Å². The molecule has 0 spiro atoms. The molecule has 1 aromatic heterocycles. The van der Waals surface area contributed by atoms with Crippen molar-refractivity contribution in [3.63, 3.8) is 0 Å². The van der Waals surface area contributed by atoms with E-state index in [2.05, 4.69) is 22.4 Å². The molecule has 5 nitrogen and oxygen atoms in total. The number of ether oxygens (including phenoxy) is 1. The van der Waals surface area contributed by atoms with Crippen LogP contribution in [-0.4, -0.2) is 18.0 Å². The zero-order valence-corrected chi connectivity index (χ0v) is 16.7. The average molecular weight is 394 g/mol. The summed E-state index contributed by atoms with van der Waals surface area (Å²) in [5.41, 5.74) is 4.17. The molecule has 0 unspecified atom stereocenters. The molecule has 0 fully saturated rings. The summed E-state index contributed by atoms with van der Waals surface area (Å²) in [5.74, 6) is -0.792. The van der Waals surface area contributed by atoms with Crippen molar-refractivity contribution in [3.05, 3.63) is 64.3 Å². The Bertz CT molecular complexity index is 1090. The predicted molar refractivity (Wildman–Crippen MR) is 111 cm³/mol. The second-order valence-corrected chi connectivity index (χ2v) is 7.02. The molecule has 1 heterocycles. The standard InChI is InChI=1S/C22H20ClN3O2/c1-13-8-14(2)17-11-15(21(23)25-19(17)9-13)10-16(12-24)22(27)26-18-6-4-5-7-20(18)28-3/h4-9,11,16H,10H2,1-3H3,(H,26,27)/t16-/m1/s1. The lowest BCUT2D eigenvalue weighted by atomic mass is 9.98. The zero-order valence-electron chi connectivity index (χ0n) is 15.9. The molecule has 0 radical (unpaired) electrons. The van der Waals surface area contributed by atoms with Crippen LogP contribution in [-0.2, 0) is 11.2 Å². The predicted octanol–water partition coefficient (Wildman–Crippen LogP) is 4.83. The van der Waals surface area contributed by atoms with Crippen LogP contribution >= 0.6 is 11.6 Å². The van der Waals surface area contributed by atoms with Gasteiger partial charge in [-0.05, 0) is 54.8 Å². The Morgan fingerprint density at radius 2 is 2.04 bits per heavy atom. The number of hydrogen-bond acceptors (Lipinski definition) is 4. The minimum atomic E-state index is -0.910. The summed E-state index contributed by atoms with van der Waals surface area (Å²) in [6.07, 6.45) is 0.173.